The highest BCUT2D eigenvalue weighted by Gasteiger charge is 2.35. The zero-order valence-corrected chi connectivity index (χ0v) is 23.5. The maximum absolute atomic E-state index is 14.2. The maximum Gasteiger partial charge on any atom is 0.249 e. The lowest BCUT2D eigenvalue weighted by molar-refractivity contribution is -0.127. The highest BCUT2D eigenvalue weighted by molar-refractivity contribution is 6.02. The van der Waals surface area contributed by atoms with Gasteiger partial charge in [-0.3, -0.25) is 14.5 Å². The summed E-state index contributed by atoms with van der Waals surface area (Å²) in [6.07, 6.45) is 0.791. The number of nitrogens with one attached hydrogen (secondary N) is 1. The van der Waals surface area contributed by atoms with Gasteiger partial charge in [-0.1, -0.05) is 31.2 Å². The Hall–Kier alpha value is -4.60. The van der Waals surface area contributed by atoms with Gasteiger partial charge in [0.25, 0.3) is 0 Å². The number of anilines is 1. The van der Waals surface area contributed by atoms with Crippen LogP contribution >= 0.6 is 0 Å². The first-order valence-corrected chi connectivity index (χ1v) is 13.1. The maximum atomic E-state index is 14.2. The van der Waals surface area contributed by atoms with E-state index in [1.807, 2.05) is 24.3 Å². The van der Waals surface area contributed by atoms with Crippen LogP contribution in [0.1, 0.15) is 31.9 Å². The van der Waals surface area contributed by atoms with Crippen LogP contribution in [-0.4, -0.2) is 54.7 Å². The monoisotopic (exact) mass is 545 g/mol. The van der Waals surface area contributed by atoms with Gasteiger partial charge in [0.05, 0.1) is 26.8 Å². The fourth-order valence-electron chi connectivity index (χ4n) is 4.44. The van der Waals surface area contributed by atoms with Gasteiger partial charge in [0.1, 0.15) is 35.4 Å². The fraction of sp³-hybridized carbons (Fsp3) is 0.333. The van der Waals surface area contributed by atoms with Crippen molar-refractivity contribution in [3.8, 4) is 17.2 Å². The number of hydrogen-bond acceptors (Lipinski definition) is 7. The number of fused-ring (bicyclic) bond motifs is 1. The zero-order chi connectivity index (χ0) is 28.6. The van der Waals surface area contributed by atoms with Crippen LogP contribution in [0.15, 0.2) is 66.7 Å². The number of rotatable bonds is 12. The molecule has 0 fully saturated rings. The molecule has 0 unspecified atom stereocenters. The Kier molecular flexibility index (Phi) is 9.21. The SMILES string of the molecule is COc1ccc(N(C(=O)Cn2nnc3ccccc32)[C@H](C(=O)NCCC(C)C)c2ccc(OC)cc2OC)cc1. The Bertz CT molecular complexity index is 1450. The molecule has 0 bridgehead atoms. The lowest BCUT2D eigenvalue weighted by Gasteiger charge is -2.32. The van der Waals surface area contributed by atoms with Crippen LogP contribution in [0.5, 0.6) is 17.2 Å². The molecule has 0 radical (unpaired) electrons. The number of aromatic nitrogens is 3. The van der Waals surface area contributed by atoms with Crippen molar-refractivity contribution < 1.29 is 23.8 Å². The van der Waals surface area contributed by atoms with E-state index in [0.717, 1.165) is 6.42 Å². The molecule has 1 heterocycles. The lowest BCUT2D eigenvalue weighted by Crippen LogP contribution is -2.45. The first kappa shape index (κ1) is 28.4. The van der Waals surface area contributed by atoms with Gasteiger partial charge in [-0.2, -0.15) is 0 Å². The van der Waals surface area contributed by atoms with E-state index in [9.17, 15) is 9.59 Å². The Balaban J connectivity index is 1.83. The van der Waals surface area contributed by atoms with Crippen LogP contribution in [0.4, 0.5) is 5.69 Å². The number of ether oxygens (including phenoxy) is 3. The predicted octanol–water partition coefficient (Wildman–Crippen LogP) is 4.39. The first-order chi connectivity index (χ1) is 19.4. The van der Waals surface area contributed by atoms with E-state index in [1.165, 1.54) is 16.7 Å². The standard InChI is InChI=1S/C30H35N5O5/c1-20(2)16-17-31-30(37)29(24-15-14-23(39-4)18-27(24)40-5)35(21-10-12-22(38-3)13-11-21)28(36)19-34-26-9-7-6-8-25(26)32-33-34/h6-15,18,20,29H,16-17,19H2,1-5H3,(H,31,37)/t29-/m0/s1. The molecule has 3 aromatic carbocycles. The minimum absolute atomic E-state index is 0.138. The normalized spacial score (nSPS) is 11.8. The van der Waals surface area contributed by atoms with E-state index in [-0.39, 0.29) is 18.4 Å². The van der Waals surface area contributed by atoms with E-state index in [0.29, 0.717) is 52.0 Å². The largest absolute Gasteiger partial charge is 0.497 e. The second-order valence-corrected chi connectivity index (χ2v) is 9.68. The number of amides is 2. The van der Waals surface area contributed by atoms with Crippen LogP contribution < -0.4 is 24.4 Å². The fourth-order valence-corrected chi connectivity index (χ4v) is 4.44. The minimum atomic E-state index is -1.05. The van der Waals surface area contributed by atoms with E-state index in [1.54, 1.807) is 56.7 Å². The van der Waals surface area contributed by atoms with E-state index >= 15 is 0 Å². The topological polar surface area (TPSA) is 108 Å². The van der Waals surface area contributed by atoms with Crippen molar-refractivity contribution in [3.05, 3.63) is 72.3 Å². The molecule has 1 N–H and O–H groups in total. The molecule has 0 spiro atoms. The summed E-state index contributed by atoms with van der Waals surface area (Å²) in [6, 6.07) is 18.5. The van der Waals surface area contributed by atoms with Crippen molar-refractivity contribution in [2.45, 2.75) is 32.9 Å². The molecule has 0 saturated heterocycles. The molecule has 1 atom stereocenters. The number of hydrogen-bond donors (Lipinski definition) is 1. The van der Waals surface area contributed by atoms with Gasteiger partial charge in [-0.25, -0.2) is 4.68 Å². The van der Waals surface area contributed by atoms with E-state index < -0.39 is 6.04 Å². The third-order valence-electron chi connectivity index (χ3n) is 6.59. The van der Waals surface area contributed by atoms with E-state index in [4.69, 9.17) is 14.2 Å². The Morgan fingerprint density at radius 2 is 1.62 bits per heavy atom. The molecule has 10 nitrogen and oxygen atoms in total. The number of carbonyl (C=O) groups excluding carboxylic acids is 2. The molecule has 4 aromatic rings. The summed E-state index contributed by atoms with van der Waals surface area (Å²) in [4.78, 5) is 29.6. The van der Waals surface area contributed by atoms with Crippen molar-refractivity contribution in [3.63, 3.8) is 0 Å². The van der Waals surface area contributed by atoms with Gasteiger partial charge < -0.3 is 19.5 Å². The second-order valence-electron chi connectivity index (χ2n) is 9.68. The molecular formula is C30H35N5O5. The van der Waals surface area contributed by atoms with Gasteiger partial charge >= 0.3 is 0 Å². The summed E-state index contributed by atoms with van der Waals surface area (Å²) in [6.45, 7) is 4.50. The highest BCUT2D eigenvalue weighted by atomic mass is 16.5. The van der Waals surface area contributed by atoms with E-state index in [2.05, 4.69) is 29.5 Å². The van der Waals surface area contributed by atoms with Gasteiger partial charge in [0, 0.05) is 23.9 Å². The van der Waals surface area contributed by atoms with Crippen LogP contribution in [0.25, 0.3) is 11.0 Å². The van der Waals surface area contributed by atoms with Gasteiger partial charge in [0.15, 0.2) is 0 Å². The van der Waals surface area contributed by atoms with Crippen molar-refractivity contribution in [2.24, 2.45) is 5.92 Å². The predicted molar refractivity (Wildman–Crippen MR) is 153 cm³/mol. The average Bonchev–Trinajstić information content (AvgIpc) is 3.37. The third kappa shape index (κ3) is 6.33. The highest BCUT2D eigenvalue weighted by Crippen LogP contribution is 2.36. The average molecular weight is 546 g/mol. The van der Waals surface area contributed by atoms with Crippen molar-refractivity contribution >= 4 is 28.5 Å². The van der Waals surface area contributed by atoms with Crippen LogP contribution in [0.3, 0.4) is 0 Å². The van der Waals surface area contributed by atoms with Crippen LogP contribution in [-0.2, 0) is 16.1 Å². The smallest absolute Gasteiger partial charge is 0.249 e. The molecule has 2 amide bonds. The third-order valence-corrected chi connectivity index (χ3v) is 6.59. The molecular weight excluding hydrogens is 510 g/mol. The molecule has 210 valence electrons. The number of para-hydroxylation sites is 1. The number of benzene rings is 3. The molecule has 4 rings (SSSR count). The lowest BCUT2D eigenvalue weighted by atomic mass is 10.0. The minimum Gasteiger partial charge on any atom is -0.497 e. The zero-order valence-electron chi connectivity index (χ0n) is 23.5. The van der Waals surface area contributed by atoms with Crippen LogP contribution in [0, 0.1) is 5.92 Å². The molecule has 0 aliphatic carbocycles. The quantitative estimate of drug-likeness (QED) is 0.281. The van der Waals surface area contributed by atoms with Crippen molar-refractivity contribution in [1.29, 1.82) is 0 Å². The molecule has 10 heteroatoms. The van der Waals surface area contributed by atoms with Gasteiger partial charge in [-0.15, -0.1) is 5.10 Å². The van der Waals surface area contributed by atoms with Gasteiger partial charge in [0.2, 0.25) is 11.8 Å². The summed E-state index contributed by atoms with van der Waals surface area (Å²) >= 11 is 0. The Labute approximate surface area is 233 Å². The second kappa shape index (κ2) is 13.0. The summed E-state index contributed by atoms with van der Waals surface area (Å²) in [5.74, 6) is 1.31. The van der Waals surface area contributed by atoms with Gasteiger partial charge in [-0.05, 0) is 60.9 Å². The summed E-state index contributed by atoms with van der Waals surface area (Å²) < 4.78 is 17.9. The Morgan fingerprint density at radius 1 is 0.925 bits per heavy atom. The first-order valence-electron chi connectivity index (χ1n) is 13.1. The summed E-state index contributed by atoms with van der Waals surface area (Å²) in [7, 11) is 4.65. The summed E-state index contributed by atoms with van der Waals surface area (Å²) in [5, 5.41) is 11.4. The molecule has 0 aliphatic rings. The molecule has 40 heavy (non-hydrogen) atoms. The number of carbonyl (C=O) groups is 2. The van der Waals surface area contributed by atoms with Crippen molar-refractivity contribution in [1.82, 2.24) is 20.3 Å². The molecule has 1 aromatic heterocycles. The Morgan fingerprint density at radius 3 is 2.30 bits per heavy atom. The number of methoxy groups -OCH3 is 3. The molecule has 0 saturated carbocycles. The summed E-state index contributed by atoms with van der Waals surface area (Å²) in [5.41, 5.74) is 2.41. The number of nitrogens with zero attached hydrogens (tertiary/aromatic N) is 4. The van der Waals surface area contributed by atoms with Crippen molar-refractivity contribution in [2.75, 3.05) is 32.8 Å². The van der Waals surface area contributed by atoms with Crippen LogP contribution in [0.2, 0.25) is 0 Å². The molecule has 0 aliphatic heterocycles.